The number of anilines is 1. The van der Waals surface area contributed by atoms with Crippen molar-refractivity contribution in [3.05, 3.63) is 101 Å². The van der Waals surface area contributed by atoms with Gasteiger partial charge in [0.2, 0.25) is 0 Å². The number of nitrogens with one attached hydrogen (secondary N) is 1. The maximum absolute atomic E-state index is 13.0. The quantitative estimate of drug-likeness (QED) is 0.452. The first-order valence-corrected chi connectivity index (χ1v) is 11.0. The lowest BCUT2D eigenvalue weighted by molar-refractivity contribution is 0.206. The lowest BCUT2D eigenvalue weighted by atomic mass is 10.0. The van der Waals surface area contributed by atoms with Gasteiger partial charge in [0.05, 0.1) is 0 Å². The summed E-state index contributed by atoms with van der Waals surface area (Å²) in [6.45, 7) is 4.33. The smallest absolute Gasteiger partial charge is 0.322 e. The molecule has 1 aliphatic heterocycles. The number of para-hydroxylation sites is 1. The number of carbonyl (C=O) groups excluding carboxylic acids is 1. The third-order valence-electron chi connectivity index (χ3n) is 6.22. The third-order valence-corrected chi connectivity index (χ3v) is 6.22. The van der Waals surface area contributed by atoms with E-state index >= 15 is 0 Å². The molecule has 0 aliphatic carbocycles. The van der Waals surface area contributed by atoms with Gasteiger partial charge in [-0.1, -0.05) is 67.6 Å². The van der Waals surface area contributed by atoms with Gasteiger partial charge in [-0.05, 0) is 35.7 Å². The van der Waals surface area contributed by atoms with Crippen LogP contribution >= 0.6 is 0 Å². The lowest BCUT2D eigenvalue weighted by Crippen LogP contribution is -2.39. The molecule has 31 heavy (non-hydrogen) atoms. The Kier molecular flexibility index (Phi) is 5.21. The van der Waals surface area contributed by atoms with E-state index in [9.17, 15) is 4.79 Å². The average Bonchev–Trinajstić information content (AvgIpc) is 3.13. The number of rotatable bonds is 4. The number of hydrogen-bond acceptors (Lipinski definition) is 1. The maximum Gasteiger partial charge on any atom is 0.322 e. The van der Waals surface area contributed by atoms with Crippen LogP contribution in [0.5, 0.6) is 0 Å². The summed E-state index contributed by atoms with van der Waals surface area (Å²) >= 11 is 0. The van der Waals surface area contributed by atoms with E-state index in [2.05, 4.69) is 83.5 Å². The maximum atomic E-state index is 13.0. The number of aryl methyl sites for hydroxylation is 1. The SMILES string of the molecule is CCc1cccc(NC(=O)N2CCc3c(c4ccccc4n3Cc3ccccc3)C2)c1. The summed E-state index contributed by atoms with van der Waals surface area (Å²) in [6, 6.07) is 27.2. The Hall–Kier alpha value is -3.53. The number of benzene rings is 3. The van der Waals surface area contributed by atoms with Gasteiger partial charge >= 0.3 is 6.03 Å². The minimum absolute atomic E-state index is 0.0289. The molecule has 2 amide bonds. The van der Waals surface area contributed by atoms with E-state index < -0.39 is 0 Å². The Morgan fingerprint density at radius 3 is 2.55 bits per heavy atom. The van der Waals surface area contributed by atoms with Crippen LogP contribution in [0, 0.1) is 0 Å². The van der Waals surface area contributed by atoms with Gasteiger partial charge in [0, 0.05) is 53.9 Å². The Balaban J connectivity index is 1.43. The molecule has 1 aromatic heterocycles. The minimum atomic E-state index is -0.0289. The summed E-state index contributed by atoms with van der Waals surface area (Å²) in [5, 5.41) is 4.34. The number of carbonyl (C=O) groups is 1. The zero-order valence-electron chi connectivity index (χ0n) is 17.8. The standard InChI is InChI=1S/C27H27N3O/c1-2-20-11-8-12-22(17-20)28-27(31)29-16-15-26-24(19-29)23-13-6-7-14-25(23)30(26)18-21-9-4-3-5-10-21/h3-14,17H,2,15-16,18-19H2,1H3,(H,28,31). The van der Waals surface area contributed by atoms with Gasteiger partial charge in [-0.25, -0.2) is 4.79 Å². The zero-order valence-corrected chi connectivity index (χ0v) is 17.8. The van der Waals surface area contributed by atoms with Crippen molar-refractivity contribution in [2.75, 3.05) is 11.9 Å². The molecule has 0 saturated carbocycles. The molecule has 1 N–H and O–H groups in total. The van der Waals surface area contributed by atoms with Crippen molar-refractivity contribution in [2.24, 2.45) is 0 Å². The molecule has 2 heterocycles. The highest BCUT2D eigenvalue weighted by Crippen LogP contribution is 2.32. The first-order chi connectivity index (χ1) is 15.2. The molecule has 0 radical (unpaired) electrons. The van der Waals surface area contributed by atoms with Crippen molar-refractivity contribution >= 4 is 22.6 Å². The second-order valence-electron chi connectivity index (χ2n) is 8.17. The molecule has 156 valence electrons. The molecule has 5 rings (SSSR count). The fourth-order valence-corrected chi connectivity index (χ4v) is 4.59. The minimum Gasteiger partial charge on any atom is -0.340 e. The number of amides is 2. The molecule has 4 heteroatoms. The highest BCUT2D eigenvalue weighted by Gasteiger charge is 2.26. The van der Waals surface area contributed by atoms with Crippen LogP contribution in [0.15, 0.2) is 78.9 Å². The van der Waals surface area contributed by atoms with E-state index in [4.69, 9.17) is 0 Å². The molecule has 0 saturated heterocycles. The van der Waals surface area contributed by atoms with Crippen LogP contribution in [-0.2, 0) is 25.9 Å². The van der Waals surface area contributed by atoms with Gasteiger partial charge in [0.25, 0.3) is 0 Å². The second kappa shape index (κ2) is 8.31. The zero-order chi connectivity index (χ0) is 21.2. The molecule has 4 nitrogen and oxygen atoms in total. The van der Waals surface area contributed by atoms with Gasteiger partial charge in [0.1, 0.15) is 0 Å². The van der Waals surface area contributed by atoms with E-state index in [1.54, 1.807) is 0 Å². The predicted molar refractivity (Wildman–Crippen MR) is 126 cm³/mol. The van der Waals surface area contributed by atoms with E-state index in [0.29, 0.717) is 6.54 Å². The summed E-state index contributed by atoms with van der Waals surface area (Å²) in [5.41, 5.74) is 7.25. The molecule has 0 atom stereocenters. The molecule has 0 spiro atoms. The normalized spacial score (nSPS) is 13.3. The largest absolute Gasteiger partial charge is 0.340 e. The van der Waals surface area contributed by atoms with Crippen molar-refractivity contribution in [3.63, 3.8) is 0 Å². The second-order valence-corrected chi connectivity index (χ2v) is 8.17. The van der Waals surface area contributed by atoms with Crippen LogP contribution in [-0.4, -0.2) is 22.0 Å². The third kappa shape index (κ3) is 3.81. The highest BCUT2D eigenvalue weighted by atomic mass is 16.2. The van der Waals surface area contributed by atoms with Crippen molar-refractivity contribution in [2.45, 2.75) is 32.9 Å². The van der Waals surface area contributed by atoms with E-state index in [0.717, 1.165) is 31.6 Å². The number of fused-ring (bicyclic) bond motifs is 3. The number of nitrogens with zero attached hydrogens (tertiary/aromatic N) is 2. The molecule has 4 aromatic rings. The fraction of sp³-hybridized carbons (Fsp3) is 0.222. The van der Waals surface area contributed by atoms with Gasteiger partial charge in [-0.15, -0.1) is 0 Å². The fourth-order valence-electron chi connectivity index (χ4n) is 4.59. The topological polar surface area (TPSA) is 37.3 Å². The number of urea groups is 1. The van der Waals surface area contributed by atoms with Gasteiger partial charge < -0.3 is 14.8 Å². The molecule has 0 unspecified atom stereocenters. The first kappa shape index (κ1) is 19.4. The van der Waals surface area contributed by atoms with Crippen LogP contribution in [0.3, 0.4) is 0 Å². The Bertz CT molecular complexity index is 1230. The highest BCUT2D eigenvalue weighted by molar-refractivity contribution is 5.91. The van der Waals surface area contributed by atoms with Crippen LogP contribution in [0.1, 0.15) is 29.3 Å². The molecule has 1 aliphatic rings. The summed E-state index contributed by atoms with van der Waals surface area (Å²) in [5.74, 6) is 0. The number of aromatic nitrogens is 1. The summed E-state index contributed by atoms with van der Waals surface area (Å²) < 4.78 is 2.43. The summed E-state index contributed by atoms with van der Waals surface area (Å²) in [6.07, 6.45) is 1.82. The Morgan fingerprint density at radius 2 is 1.71 bits per heavy atom. The number of hydrogen-bond donors (Lipinski definition) is 1. The molecule has 3 aromatic carbocycles. The van der Waals surface area contributed by atoms with E-state index in [1.807, 2.05) is 17.0 Å². The molecular formula is C27H27N3O. The van der Waals surface area contributed by atoms with Crippen LogP contribution in [0.2, 0.25) is 0 Å². The van der Waals surface area contributed by atoms with Gasteiger partial charge in [-0.3, -0.25) is 0 Å². The Labute approximate surface area is 183 Å². The summed E-state index contributed by atoms with van der Waals surface area (Å²) in [4.78, 5) is 14.9. The monoisotopic (exact) mass is 409 g/mol. The molecule has 0 bridgehead atoms. The van der Waals surface area contributed by atoms with Crippen LogP contribution in [0.25, 0.3) is 10.9 Å². The first-order valence-electron chi connectivity index (χ1n) is 11.0. The molecular weight excluding hydrogens is 382 g/mol. The van der Waals surface area contributed by atoms with Gasteiger partial charge in [0.15, 0.2) is 0 Å². The van der Waals surface area contributed by atoms with E-state index in [-0.39, 0.29) is 6.03 Å². The average molecular weight is 410 g/mol. The lowest BCUT2D eigenvalue weighted by Gasteiger charge is -2.28. The van der Waals surface area contributed by atoms with Crippen molar-refractivity contribution in [1.82, 2.24) is 9.47 Å². The predicted octanol–water partition coefficient (Wildman–Crippen LogP) is 5.84. The van der Waals surface area contributed by atoms with Crippen LogP contribution in [0.4, 0.5) is 10.5 Å². The summed E-state index contributed by atoms with van der Waals surface area (Å²) in [7, 11) is 0. The van der Waals surface area contributed by atoms with Crippen LogP contribution < -0.4 is 5.32 Å². The molecule has 0 fully saturated rings. The van der Waals surface area contributed by atoms with E-state index in [1.165, 1.54) is 33.3 Å². The van der Waals surface area contributed by atoms with Crippen molar-refractivity contribution in [1.29, 1.82) is 0 Å². The van der Waals surface area contributed by atoms with Gasteiger partial charge in [-0.2, -0.15) is 0 Å². The Morgan fingerprint density at radius 1 is 0.935 bits per heavy atom. The van der Waals surface area contributed by atoms with Crippen molar-refractivity contribution < 1.29 is 4.79 Å². The van der Waals surface area contributed by atoms with Crippen molar-refractivity contribution in [3.8, 4) is 0 Å².